The summed E-state index contributed by atoms with van der Waals surface area (Å²) in [6, 6.07) is 0. The molecule has 15 heavy (non-hydrogen) atoms. The number of allylic oxidation sites excluding steroid dienone is 4. The van der Waals surface area contributed by atoms with E-state index in [9.17, 15) is 4.79 Å². The Morgan fingerprint density at radius 3 is 1.40 bits per heavy atom. The first-order chi connectivity index (χ1) is 6.58. The number of carbonyl (C=O) groups is 1. The van der Waals surface area contributed by atoms with Gasteiger partial charge in [0, 0.05) is 17.6 Å². The van der Waals surface area contributed by atoms with E-state index in [0.717, 1.165) is 17.6 Å². The lowest BCUT2D eigenvalue weighted by Crippen LogP contribution is -2.23. The summed E-state index contributed by atoms with van der Waals surface area (Å²) in [5, 5.41) is 0. The fourth-order valence-electron chi connectivity index (χ4n) is 1.74. The number of hydrogen-bond donors (Lipinski definition) is 0. The highest BCUT2D eigenvalue weighted by molar-refractivity contribution is 6.16. The van der Waals surface area contributed by atoms with Gasteiger partial charge < -0.3 is 0 Å². The van der Waals surface area contributed by atoms with Crippen LogP contribution in [0.1, 0.15) is 48.0 Å². The molecule has 1 nitrogen and oxygen atoms in total. The van der Waals surface area contributed by atoms with Crippen LogP contribution in [0.15, 0.2) is 23.3 Å². The third-order valence-electron chi connectivity index (χ3n) is 2.18. The van der Waals surface area contributed by atoms with Crippen molar-refractivity contribution < 1.29 is 4.79 Å². The molecule has 0 N–H and O–H groups in total. The van der Waals surface area contributed by atoms with Crippen molar-refractivity contribution in [1.82, 2.24) is 0 Å². The molecule has 0 heterocycles. The zero-order valence-corrected chi connectivity index (χ0v) is 10.8. The van der Waals surface area contributed by atoms with E-state index in [-0.39, 0.29) is 16.6 Å². The average Bonchev–Trinajstić information content (AvgIpc) is 1.97. The Labute approximate surface area is 93.3 Å². The van der Waals surface area contributed by atoms with Gasteiger partial charge in [0.1, 0.15) is 0 Å². The molecule has 0 aliphatic heterocycles. The molecule has 0 aromatic heterocycles. The van der Waals surface area contributed by atoms with Crippen molar-refractivity contribution in [2.24, 2.45) is 10.8 Å². The maximum atomic E-state index is 11.8. The second-order valence-electron chi connectivity index (χ2n) is 6.58. The predicted octanol–water partition coefficient (Wildman–Crippen LogP) is 3.90. The molecule has 1 fully saturated rings. The van der Waals surface area contributed by atoms with Crippen molar-refractivity contribution in [2.45, 2.75) is 48.0 Å². The van der Waals surface area contributed by atoms with Crippen molar-refractivity contribution in [3.8, 4) is 0 Å². The molecule has 0 amide bonds. The van der Waals surface area contributed by atoms with Crippen molar-refractivity contribution in [2.75, 3.05) is 0 Å². The summed E-state index contributed by atoms with van der Waals surface area (Å²) >= 11 is 0. The Morgan fingerprint density at radius 2 is 1.20 bits per heavy atom. The minimum Gasteiger partial charge on any atom is -0.289 e. The Bertz CT molecular complexity index is 297. The van der Waals surface area contributed by atoms with E-state index < -0.39 is 0 Å². The fraction of sp³-hybridized carbons (Fsp3) is 0.643. The van der Waals surface area contributed by atoms with E-state index in [2.05, 4.69) is 53.7 Å². The quantitative estimate of drug-likeness (QED) is 0.549. The Morgan fingerprint density at radius 1 is 0.867 bits per heavy atom. The second kappa shape index (κ2) is 3.62. The van der Waals surface area contributed by atoms with Gasteiger partial charge in [-0.25, -0.2) is 0 Å². The molecule has 0 aromatic rings. The standard InChI is InChI=1S/C14H22O/c1-13(2,3)8-10-7-11(12(10)15)9-14(4,5)6/h8-9H,7H2,1-6H3. The number of ketones is 1. The molecule has 0 radical (unpaired) electrons. The van der Waals surface area contributed by atoms with E-state index >= 15 is 0 Å². The third kappa shape index (κ3) is 3.65. The molecule has 1 saturated carbocycles. The minimum absolute atomic E-state index is 0.109. The summed E-state index contributed by atoms with van der Waals surface area (Å²) in [4.78, 5) is 11.8. The van der Waals surface area contributed by atoms with Gasteiger partial charge in [-0.1, -0.05) is 53.7 Å². The van der Waals surface area contributed by atoms with Gasteiger partial charge in [-0.05, 0) is 10.8 Å². The number of carbonyl (C=O) groups excluding carboxylic acids is 1. The Hall–Kier alpha value is -0.850. The van der Waals surface area contributed by atoms with Crippen LogP contribution in [0.4, 0.5) is 0 Å². The highest BCUT2D eigenvalue weighted by Crippen LogP contribution is 2.34. The van der Waals surface area contributed by atoms with Gasteiger partial charge >= 0.3 is 0 Å². The molecule has 0 unspecified atom stereocenters. The summed E-state index contributed by atoms with van der Waals surface area (Å²) < 4.78 is 0. The number of Topliss-reactive ketones (excluding diaryl/α,β-unsaturated/α-hetero) is 1. The van der Waals surface area contributed by atoms with Crippen LogP contribution in [-0.4, -0.2) is 5.78 Å². The second-order valence-corrected chi connectivity index (χ2v) is 6.58. The maximum Gasteiger partial charge on any atom is 0.185 e. The van der Waals surface area contributed by atoms with Crippen LogP contribution < -0.4 is 0 Å². The van der Waals surface area contributed by atoms with E-state index in [0.29, 0.717) is 0 Å². The zero-order chi connectivity index (χ0) is 11.9. The van der Waals surface area contributed by atoms with Gasteiger partial charge in [-0.2, -0.15) is 0 Å². The highest BCUT2D eigenvalue weighted by Gasteiger charge is 2.29. The molecule has 1 rings (SSSR count). The van der Waals surface area contributed by atoms with E-state index in [4.69, 9.17) is 0 Å². The van der Waals surface area contributed by atoms with Crippen LogP contribution in [0, 0.1) is 10.8 Å². The Balaban J connectivity index is 2.76. The third-order valence-corrected chi connectivity index (χ3v) is 2.18. The van der Waals surface area contributed by atoms with Crippen LogP contribution >= 0.6 is 0 Å². The van der Waals surface area contributed by atoms with Gasteiger partial charge in [0.05, 0.1) is 0 Å². The highest BCUT2D eigenvalue weighted by atomic mass is 16.1. The molecular weight excluding hydrogens is 184 g/mol. The zero-order valence-electron chi connectivity index (χ0n) is 10.8. The van der Waals surface area contributed by atoms with Gasteiger partial charge in [0.15, 0.2) is 5.78 Å². The van der Waals surface area contributed by atoms with Gasteiger partial charge in [-0.3, -0.25) is 4.79 Å². The molecule has 0 aromatic carbocycles. The average molecular weight is 206 g/mol. The van der Waals surface area contributed by atoms with Gasteiger partial charge in [0.25, 0.3) is 0 Å². The lowest BCUT2D eigenvalue weighted by molar-refractivity contribution is -0.114. The molecule has 0 spiro atoms. The summed E-state index contributed by atoms with van der Waals surface area (Å²) in [5.74, 6) is 0.250. The van der Waals surface area contributed by atoms with E-state index in [1.165, 1.54) is 0 Å². The summed E-state index contributed by atoms with van der Waals surface area (Å²) in [6.45, 7) is 12.7. The molecule has 1 aliphatic rings. The van der Waals surface area contributed by atoms with Crippen LogP contribution in [-0.2, 0) is 4.79 Å². The van der Waals surface area contributed by atoms with Gasteiger partial charge in [0.2, 0.25) is 0 Å². The van der Waals surface area contributed by atoms with Crippen LogP contribution in [0.2, 0.25) is 0 Å². The maximum absolute atomic E-state index is 11.8. The lowest BCUT2D eigenvalue weighted by Gasteiger charge is -2.26. The minimum atomic E-state index is 0.109. The molecule has 0 bridgehead atoms. The largest absolute Gasteiger partial charge is 0.289 e. The first-order valence-corrected chi connectivity index (χ1v) is 5.57. The molecule has 1 heteroatoms. The van der Waals surface area contributed by atoms with Crippen molar-refractivity contribution in [1.29, 1.82) is 0 Å². The molecule has 0 atom stereocenters. The number of rotatable bonds is 0. The Kier molecular flexibility index (Phi) is 2.95. The molecule has 0 saturated heterocycles. The molecule has 1 aliphatic carbocycles. The molecular formula is C14H22O. The normalized spacial score (nSPS) is 23.5. The van der Waals surface area contributed by atoms with Crippen LogP contribution in [0.25, 0.3) is 0 Å². The molecule has 84 valence electrons. The van der Waals surface area contributed by atoms with Crippen molar-refractivity contribution in [3.63, 3.8) is 0 Å². The van der Waals surface area contributed by atoms with E-state index in [1.807, 2.05) is 0 Å². The predicted molar refractivity (Wildman–Crippen MR) is 64.7 cm³/mol. The SMILES string of the molecule is CC(C)(C)C=C1CC(=CC(C)(C)C)C1=O. The summed E-state index contributed by atoms with van der Waals surface area (Å²) in [6.07, 6.45) is 5.04. The van der Waals surface area contributed by atoms with Crippen LogP contribution in [0.5, 0.6) is 0 Å². The first kappa shape index (κ1) is 12.2. The fourth-order valence-corrected chi connectivity index (χ4v) is 1.74. The lowest BCUT2D eigenvalue weighted by atomic mass is 9.77. The van der Waals surface area contributed by atoms with Gasteiger partial charge in [-0.15, -0.1) is 0 Å². The number of hydrogen-bond acceptors (Lipinski definition) is 1. The monoisotopic (exact) mass is 206 g/mol. The van der Waals surface area contributed by atoms with E-state index in [1.54, 1.807) is 0 Å². The van der Waals surface area contributed by atoms with Crippen LogP contribution in [0.3, 0.4) is 0 Å². The summed E-state index contributed by atoms with van der Waals surface area (Å²) in [5.41, 5.74) is 2.19. The smallest absolute Gasteiger partial charge is 0.185 e. The first-order valence-electron chi connectivity index (χ1n) is 5.57. The topological polar surface area (TPSA) is 17.1 Å². The van der Waals surface area contributed by atoms with Crippen molar-refractivity contribution >= 4 is 5.78 Å². The summed E-state index contributed by atoms with van der Waals surface area (Å²) in [7, 11) is 0. The van der Waals surface area contributed by atoms with Crippen molar-refractivity contribution in [3.05, 3.63) is 23.3 Å².